The molecular formula is C47H65N15O11S2. The number of carbonyl (C=O) groups is 11. The summed E-state index contributed by atoms with van der Waals surface area (Å²) in [5.41, 5.74) is 34.0. The van der Waals surface area contributed by atoms with E-state index in [-0.39, 0.29) is 69.1 Å². The number of aliphatic imine (C=N–C) groups is 1. The van der Waals surface area contributed by atoms with Crippen LogP contribution in [0.4, 0.5) is 0 Å². The monoisotopic (exact) mass is 1080 g/mol. The highest BCUT2D eigenvalue weighted by Gasteiger charge is 2.47. The van der Waals surface area contributed by atoms with Crippen LogP contribution < -0.4 is 71.6 Å². The average Bonchev–Trinajstić information content (AvgIpc) is 4.01. The summed E-state index contributed by atoms with van der Waals surface area (Å²) in [4.78, 5) is 155. The summed E-state index contributed by atoms with van der Waals surface area (Å²) in [6.45, 7) is -0.412. The Labute approximate surface area is 439 Å². The van der Waals surface area contributed by atoms with Crippen LogP contribution >= 0.6 is 21.6 Å². The van der Waals surface area contributed by atoms with Gasteiger partial charge in [-0.15, -0.1) is 0 Å². The molecule has 0 bridgehead atoms. The number of guanidine groups is 1. The summed E-state index contributed by atoms with van der Waals surface area (Å²) < 4.78 is 0. The lowest BCUT2D eigenvalue weighted by molar-refractivity contribution is -0.142. The number of fused-ring (bicyclic) bond motifs is 1. The minimum absolute atomic E-state index is 0.0105. The number of benzene rings is 2. The number of rotatable bonds is 17. The maximum atomic E-state index is 14.7. The first kappa shape index (κ1) is 58.4. The lowest BCUT2D eigenvalue weighted by Crippen LogP contribution is -2.65. The number of nitrogens with one attached hydrogen (secondary N) is 7. The van der Waals surface area contributed by atoms with Crippen LogP contribution in [-0.2, 0) is 72.0 Å². The number of hydrogen-bond donors (Lipinski definition) is 13. The minimum atomic E-state index is -1.78. The lowest BCUT2D eigenvalue weighted by atomic mass is 9.92. The van der Waals surface area contributed by atoms with Crippen LogP contribution in [0, 0.1) is 0 Å². The van der Waals surface area contributed by atoms with Gasteiger partial charge in [-0.05, 0) is 48.8 Å². The van der Waals surface area contributed by atoms with Gasteiger partial charge in [0.15, 0.2) is 5.96 Å². The van der Waals surface area contributed by atoms with Gasteiger partial charge in [0.25, 0.3) is 0 Å². The molecule has 0 unspecified atom stereocenters. The van der Waals surface area contributed by atoms with Crippen LogP contribution in [0.2, 0.25) is 0 Å². The zero-order chi connectivity index (χ0) is 54.8. The summed E-state index contributed by atoms with van der Waals surface area (Å²) in [5.74, 6) is -10.0. The molecule has 7 atom stereocenters. The molecule has 406 valence electrons. The van der Waals surface area contributed by atoms with Crippen molar-refractivity contribution in [3.8, 4) is 0 Å². The summed E-state index contributed by atoms with van der Waals surface area (Å²) in [5, 5.41) is 18.2. The number of primary amides is 3. The summed E-state index contributed by atoms with van der Waals surface area (Å²) >= 11 is 0. The van der Waals surface area contributed by atoms with E-state index in [0.717, 1.165) is 32.7 Å². The van der Waals surface area contributed by atoms with Crippen LogP contribution in [0.3, 0.4) is 0 Å². The normalized spacial score (nSPS) is 22.9. The Morgan fingerprint density at radius 1 is 0.747 bits per heavy atom. The molecule has 75 heavy (non-hydrogen) atoms. The van der Waals surface area contributed by atoms with E-state index in [9.17, 15) is 52.7 Å². The van der Waals surface area contributed by atoms with Crippen molar-refractivity contribution in [3.63, 3.8) is 0 Å². The Bertz CT molecular complexity index is 2470. The first-order valence-corrected chi connectivity index (χ1v) is 26.6. The van der Waals surface area contributed by atoms with Crippen LogP contribution in [-0.4, -0.2) is 155 Å². The van der Waals surface area contributed by atoms with Gasteiger partial charge in [0.1, 0.15) is 41.8 Å². The van der Waals surface area contributed by atoms with Gasteiger partial charge in [0, 0.05) is 50.3 Å². The fourth-order valence-corrected chi connectivity index (χ4v) is 11.0. The van der Waals surface area contributed by atoms with Gasteiger partial charge in [0.2, 0.25) is 65.0 Å². The highest BCUT2D eigenvalue weighted by molar-refractivity contribution is 8.76. The molecular weight excluding hydrogens is 1010 g/mol. The van der Waals surface area contributed by atoms with E-state index in [1.165, 1.54) is 4.90 Å². The van der Waals surface area contributed by atoms with Gasteiger partial charge in [0.05, 0.1) is 19.0 Å². The molecule has 2 aromatic carbocycles. The predicted molar refractivity (Wildman–Crippen MR) is 277 cm³/mol. The highest BCUT2D eigenvalue weighted by Crippen LogP contribution is 2.32. The molecule has 2 aliphatic heterocycles. The first-order valence-electron chi connectivity index (χ1n) is 24.1. The van der Waals surface area contributed by atoms with Crippen LogP contribution in [0.1, 0.15) is 61.6 Å². The maximum Gasteiger partial charge on any atom is 0.247 e. The number of hydrogen-bond acceptors (Lipinski definition) is 15. The Morgan fingerprint density at radius 3 is 2.01 bits per heavy atom. The van der Waals surface area contributed by atoms with E-state index in [2.05, 4.69) is 42.2 Å². The standard InChI is InChI=1S/C47H65N15O11S2/c48-28-23-74-75-24-33(44(72)62-17-7-13-34(62)43(71)57-29(12-6-16-54-46(52)53)39(67)55-22-37(51)65)59-42(70)32(19-36(50)64)58-40(68)30(14-15-35(49)63)56-41(69)31(18-25-8-2-1-3-9-25)60-45(73)47(61-38(28)66)20-26-10-4-5-11-27(26)21-47/h1-5,8-11,28-34H,6-7,12-24,48H2,(H2,49,63)(H2,50,64)(H2,51,65)(H,55,67)(H,56,69)(H,57,71)(H,58,68)(H,59,70)(H,60,73)(H,61,66)(H4,52,53,54)/t28-,29+,30+,31+,32+,33-,34+/m1/s1. The van der Waals surface area contributed by atoms with Gasteiger partial charge < -0.3 is 76.5 Å². The zero-order valence-electron chi connectivity index (χ0n) is 41.0. The molecule has 26 nitrogen and oxygen atoms in total. The van der Waals surface area contributed by atoms with E-state index in [0.29, 0.717) is 12.0 Å². The molecule has 1 spiro atoms. The van der Waals surface area contributed by atoms with Gasteiger partial charge in [-0.25, -0.2) is 0 Å². The largest absolute Gasteiger partial charge is 0.370 e. The molecule has 0 aromatic heterocycles. The molecule has 1 aliphatic carbocycles. The molecule has 28 heteroatoms. The minimum Gasteiger partial charge on any atom is -0.370 e. The van der Waals surface area contributed by atoms with Gasteiger partial charge in [-0.1, -0.05) is 76.2 Å². The van der Waals surface area contributed by atoms with Crippen molar-refractivity contribution >= 4 is 92.5 Å². The number of nitrogens with two attached hydrogens (primary N) is 6. The first-order chi connectivity index (χ1) is 35.7. The lowest BCUT2D eigenvalue weighted by Gasteiger charge is -2.33. The average molecular weight is 1080 g/mol. The number of nitrogens with zero attached hydrogens (tertiary/aromatic N) is 2. The van der Waals surface area contributed by atoms with Crippen LogP contribution in [0.5, 0.6) is 0 Å². The molecule has 11 amide bonds. The third-order valence-electron chi connectivity index (χ3n) is 12.5. The number of likely N-dealkylation sites (tertiary alicyclic amines) is 1. The second-order valence-electron chi connectivity index (χ2n) is 18.3. The summed E-state index contributed by atoms with van der Waals surface area (Å²) in [7, 11) is 2.07. The quantitative estimate of drug-likeness (QED) is 0.0305. The number of amides is 11. The Morgan fingerprint density at radius 2 is 1.37 bits per heavy atom. The van der Waals surface area contributed by atoms with Crippen molar-refractivity contribution in [3.05, 3.63) is 71.3 Å². The smallest absolute Gasteiger partial charge is 0.247 e. The fourth-order valence-electron chi connectivity index (χ4n) is 8.72. The van der Waals surface area contributed by atoms with E-state index in [1.807, 2.05) is 12.1 Å². The second-order valence-corrected chi connectivity index (χ2v) is 20.9. The molecule has 19 N–H and O–H groups in total. The maximum absolute atomic E-state index is 14.7. The predicted octanol–water partition coefficient (Wildman–Crippen LogP) is -5.18. The van der Waals surface area contributed by atoms with E-state index >= 15 is 0 Å². The van der Waals surface area contributed by atoms with Crippen LogP contribution in [0.25, 0.3) is 0 Å². The van der Waals surface area contributed by atoms with Gasteiger partial charge >= 0.3 is 0 Å². The molecule has 0 radical (unpaired) electrons. The summed E-state index contributed by atoms with van der Waals surface area (Å²) in [6.07, 6.45) is -1.04. The Balaban J connectivity index is 1.48. The van der Waals surface area contributed by atoms with E-state index in [4.69, 9.17) is 34.4 Å². The molecule has 3 aliphatic rings. The third-order valence-corrected chi connectivity index (χ3v) is 15.0. The van der Waals surface area contributed by atoms with E-state index < -0.39 is 139 Å². The molecule has 2 aromatic rings. The van der Waals surface area contributed by atoms with E-state index in [1.54, 1.807) is 42.5 Å². The molecule has 0 saturated carbocycles. The fraction of sp³-hybridized carbons (Fsp3) is 0.489. The van der Waals surface area contributed by atoms with Gasteiger partial charge in [-0.3, -0.25) is 57.7 Å². The Hall–Kier alpha value is -7.46. The van der Waals surface area contributed by atoms with Crippen molar-refractivity contribution in [1.29, 1.82) is 0 Å². The molecule has 5 rings (SSSR count). The highest BCUT2D eigenvalue weighted by atomic mass is 33.1. The topological polar surface area (TPSA) is 444 Å². The van der Waals surface area contributed by atoms with Crippen LogP contribution in [0.15, 0.2) is 59.6 Å². The summed E-state index contributed by atoms with van der Waals surface area (Å²) in [6, 6.07) is 5.87. The van der Waals surface area contributed by atoms with Crippen molar-refractivity contribution in [2.45, 2.75) is 112 Å². The zero-order valence-corrected chi connectivity index (χ0v) is 42.6. The molecule has 2 fully saturated rings. The van der Waals surface area contributed by atoms with Crippen molar-refractivity contribution in [2.24, 2.45) is 39.4 Å². The SMILES string of the molecule is NC(=O)CC[C@@H]1NC(=O)[C@H](Cc2ccccc2)NC(=O)C2(Cc3ccccc3C2)NC(=O)[C@H](N)CSSC[C@H](C(=O)N2CCC[C@H]2C(=O)N[C@@H](CCCN=C(N)N)C(=O)NCC(N)=O)NC(=O)[C@H](CC(N)=O)NC1=O. The number of carbonyl (C=O) groups excluding carboxylic acids is 11. The van der Waals surface area contributed by atoms with Crippen molar-refractivity contribution < 1.29 is 52.7 Å². The third kappa shape index (κ3) is 17.3. The second kappa shape index (κ2) is 27.7. The molecule has 2 saturated heterocycles. The Kier molecular flexibility index (Phi) is 21.6. The van der Waals surface area contributed by atoms with Crippen molar-refractivity contribution in [2.75, 3.05) is 31.1 Å². The van der Waals surface area contributed by atoms with Crippen molar-refractivity contribution in [1.82, 2.24) is 42.1 Å². The van der Waals surface area contributed by atoms with Gasteiger partial charge in [-0.2, -0.15) is 0 Å². The molecule has 2 heterocycles.